The standard InChI is InChI=1S/C20H25ClN2O2/c21-17-3-1-16(2-4-17)18(24)22-5-6-23-19(25)20-10-13-7-14(11-20)9-15(8-13)12-20/h1-4,13-15H,5-12H2,(H,22,24)(H,23,25). The summed E-state index contributed by atoms with van der Waals surface area (Å²) in [6, 6.07) is 6.80. The smallest absolute Gasteiger partial charge is 0.251 e. The number of nitrogens with one attached hydrogen (secondary N) is 2. The van der Waals surface area contributed by atoms with E-state index in [0.29, 0.717) is 23.7 Å². The molecule has 2 amide bonds. The van der Waals surface area contributed by atoms with Crippen LogP contribution in [0.15, 0.2) is 24.3 Å². The van der Waals surface area contributed by atoms with E-state index in [4.69, 9.17) is 11.6 Å². The van der Waals surface area contributed by atoms with Crippen molar-refractivity contribution in [3.8, 4) is 0 Å². The normalized spacial score (nSPS) is 32.4. The summed E-state index contributed by atoms with van der Waals surface area (Å²) in [6.07, 6.45) is 7.23. The van der Waals surface area contributed by atoms with E-state index in [9.17, 15) is 9.59 Å². The molecule has 0 unspecified atom stereocenters. The van der Waals surface area contributed by atoms with E-state index in [1.165, 1.54) is 19.3 Å². The fourth-order valence-electron chi connectivity index (χ4n) is 5.63. The third-order valence-electron chi connectivity index (χ3n) is 6.32. The van der Waals surface area contributed by atoms with Gasteiger partial charge in [-0.1, -0.05) is 11.6 Å². The maximum absolute atomic E-state index is 12.8. The van der Waals surface area contributed by atoms with E-state index < -0.39 is 0 Å². The molecule has 0 spiro atoms. The van der Waals surface area contributed by atoms with Gasteiger partial charge >= 0.3 is 0 Å². The summed E-state index contributed by atoms with van der Waals surface area (Å²) in [6.45, 7) is 0.930. The molecule has 5 heteroatoms. The summed E-state index contributed by atoms with van der Waals surface area (Å²) < 4.78 is 0. The second-order valence-corrected chi connectivity index (χ2v) is 8.65. The van der Waals surface area contributed by atoms with Gasteiger partial charge in [-0.05, 0) is 80.5 Å². The Kier molecular flexibility index (Phi) is 4.48. The van der Waals surface area contributed by atoms with Gasteiger partial charge in [0.05, 0.1) is 0 Å². The Morgan fingerprint density at radius 2 is 1.44 bits per heavy atom. The minimum absolute atomic E-state index is 0.116. The minimum atomic E-state index is -0.138. The van der Waals surface area contributed by atoms with Gasteiger partial charge in [0.1, 0.15) is 0 Å². The minimum Gasteiger partial charge on any atom is -0.354 e. The van der Waals surface area contributed by atoms with Crippen molar-refractivity contribution in [1.82, 2.24) is 10.6 Å². The molecule has 4 saturated carbocycles. The molecule has 1 aromatic carbocycles. The number of halogens is 1. The lowest BCUT2D eigenvalue weighted by Crippen LogP contribution is -2.54. The molecular weight excluding hydrogens is 336 g/mol. The first kappa shape index (κ1) is 16.9. The van der Waals surface area contributed by atoms with E-state index in [2.05, 4.69) is 10.6 Å². The van der Waals surface area contributed by atoms with Gasteiger partial charge in [0.15, 0.2) is 0 Å². The molecule has 0 aromatic heterocycles. The molecule has 0 heterocycles. The lowest BCUT2D eigenvalue weighted by molar-refractivity contribution is -0.146. The molecule has 4 bridgehead atoms. The molecule has 4 aliphatic rings. The summed E-state index contributed by atoms with van der Waals surface area (Å²) in [7, 11) is 0. The fourth-order valence-corrected chi connectivity index (χ4v) is 5.76. The van der Waals surface area contributed by atoms with Gasteiger partial charge in [-0.3, -0.25) is 9.59 Å². The summed E-state index contributed by atoms with van der Waals surface area (Å²) in [4.78, 5) is 24.9. The van der Waals surface area contributed by atoms with Crippen LogP contribution in [-0.2, 0) is 4.79 Å². The second-order valence-electron chi connectivity index (χ2n) is 8.22. The molecule has 134 valence electrons. The number of hydrogen-bond donors (Lipinski definition) is 2. The maximum Gasteiger partial charge on any atom is 0.251 e. The molecule has 0 radical (unpaired) electrons. The number of carbonyl (C=O) groups excluding carboxylic acids is 2. The lowest BCUT2D eigenvalue weighted by Gasteiger charge is -2.55. The van der Waals surface area contributed by atoms with E-state index in [1.54, 1.807) is 24.3 Å². The first-order valence-corrected chi connectivity index (χ1v) is 9.74. The van der Waals surface area contributed by atoms with E-state index in [-0.39, 0.29) is 17.2 Å². The highest BCUT2D eigenvalue weighted by molar-refractivity contribution is 6.30. The summed E-state index contributed by atoms with van der Waals surface area (Å²) in [5, 5.41) is 6.54. The number of benzene rings is 1. The molecule has 4 nitrogen and oxygen atoms in total. The Morgan fingerprint density at radius 1 is 0.920 bits per heavy atom. The van der Waals surface area contributed by atoms with Crippen LogP contribution in [0, 0.1) is 23.2 Å². The number of rotatable bonds is 5. The van der Waals surface area contributed by atoms with Crippen LogP contribution in [0.5, 0.6) is 0 Å². The molecule has 25 heavy (non-hydrogen) atoms. The van der Waals surface area contributed by atoms with Crippen LogP contribution in [0.4, 0.5) is 0 Å². The van der Waals surface area contributed by atoms with Crippen molar-refractivity contribution < 1.29 is 9.59 Å². The Labute approximate surface area is 153 Å². The SMILES string of the molecule is O=C(NCCNC(=O)C12CC3CC(CC(C3)C1)C2)c1ccc(Cl)cc1. The molecule has 0 saturated heterocycles. The Bertz CT molecular complexity index is 635. The van der Waals surface area contributed by atoms with Gasteiger partial charge in [0.25, 0.3) is 5.91 Å². The quantitative estimate of drug-likeness (QED) is 0.790. The van der Waals surface area contributed by atoms with Crippen LogP contribution in [0.2, 0.25) is 5.02 Å². The molecule has 0 atom stereocenters. The first-order valence-electron chi connectivity index (χ1n) is 9.36. The molecule has 4 aliphatic carbocycles. The Balaban J connectivity index is 1.25. The van der Waals surface area contributed by atoms with Crippen molar-refractivity contribution in [3.63, 3.8) is 0 Å². The molecule has 5 rings (SSSR count). The fraction of sp³-hybridized carbons (Fsp3) is 0.600. The highest BCUT2D eigenvalue weighted by atomic mass is 35.5. The Hall–Kier alpha value is -1.55. The maximum atomic E-state index is 12.8. The highest BCUT2D eigenvalue weighted by Crippen LogP contribution is 2.60. The van der Waals surface area contributed by atoms with Crippen LogP contribution in [0.25, 0.3) is 0 Å². The monoisotopic (exact) mass is 360 g/mol. The van der Waals surface area contributed by atoms with Crippen molar-refractivity contribution in [3.05, 3.63) is 34.9 Å². The van der Waals surface area contributed by atoms with Gasteiger partial charge in [0, 0.05) is 29.1 Å². The molecule has 2 N–H and O–H groups in total. The van der Waals surface area contributed by atoms with Crippen LogP contribution in [0.1, 0.15) is 48.9 Å². The van der Waals surface area contributed by atoms with Crippen molar-refractivity contribution in [2.24, 2.45) is 23.2 Å². The lowest BCUT2D eigenvalue weighted by atomic mass is 9.49. The molecule has 1 aromatic rings. The van der Waals surface area contributed by atoms with E-state index >= 15 is 0 Å². The van der Waals surface area contributed by atoms with Gasteiger partial charge in [0.2, 0.25) is 5.91 Å². The largest absolute Gasteiger partial charge is 0.354 e. The van der Waals surface area contributed by atoms with Crippen molar-refractivity contribution in [2.45, 2.75) is 38.5 Å². The zero-order chi connectivity index (χ0) is 17.4. The molecule has 0 aliphatic heterocycles. The van der Waals surface area contributed by atoms with Gasteiger partial charge in [-0.2, -0.15) is 0 Å². The average molecular weight is 361 g/mol. The number of carbonyl (C=O) groups is 2. The predicted molar refractivity (Wildman–Crippen MR) is 97.4 cm³/mol. The number of hydrogen-bond acceptors (Lipinski definition) is 2. The summed E-state index contributed by atoms with van der Waals surface area (Å²) in [5.41, 5.74) is 0.464. The predicted octanol–water partition coefficient (Wildman–Crippen LogP) is 3.40. The summed E-state index contributed by atoms with van der Waals surface area (Å²) >= 11 is 5.83. The van der Waals surface area contributed by atoms with Crippen molar-refractivity contribution >= 4 is 23.4 Å². The van der Waals surface area contributed by atoms with Crippen LogP contribution < -0.4 is 10.6 Å². The van der Waals surface area contributed by atoms with Gasteiger partial charge in [-0.25, -0.2) is 0 Å². The zero-order valence-electron chi connectivity index (χ0n) is 14.4. The molecular formula is C20H25ClN2O2. The average Bonchev–Trinajstić information content (AvgIpc) is 2.57. The third kappa shape index (κ3) is 3.41. The van der Waals surface area contributed by atoms with Gasteiger partial charge < -0.3 is 10.6 Å². The number of amides is 2. The van der Waals surface area contributed by atoms with E-state index in [0.717, 1.165) is 37.0 Å². The first-order chi connectivity index (χ1) is 12.0. The van der Waals surface area contributed by atoms with E-state index in [1.807, 2.05) is 0 Å². The topological polar surface area (TPSA) is 58.2 Å². The third-order valence-corrected chi connectivity index (χ3v) is 6.57. The van der Waals surface area contributed by atoms with Crippen LogP contribution >= 0.6 is 11.6 Å². The van der Waals surface area contributed by atoms with Crippen molar-refractivity contribution in [1.29, 1.82) is 0 Å². The highest BCUT2D eigenvalue weighted by Gasteiger charge is 2.54. The van der Waals surface area contributed by atoms with Crippen LogP contribution in [-0.4, -0.2) is 24.9 Å². The van der Waals surface area contributed by atoms with Gasteiger partial charge in [-0.15, -0.1) is 0 Å². The molecule has 4 fully saturated rings. The second kappa shape index (κ2) is 6.64. The zero-order valence-corrected chi connectivity index (χ0v) is 15.1. The summed E-state index contributed by atoms with van der Waals surface area (Å²) in [5.74, 6) is 2.37. The van der Waals surface area contributed by atoms with Crippen molar-refractivity contribution in [2.75, 3.05) is 13.1 Å². The van der Waals surface area contributed by atoms with Crippen LogP contribution in [0.3, 0.4) is 0 Å². The Morgan fingerprint density at radius 3 is 2.00 bits per heavy atom.